The average Bonchev–Trinajstić information content (AvgIpc) is 2.55. The topological polar surface area (TPSA) is 68.3 Å². The molecule has 1 heterocycles. The number of halogens is 1. The van der Waals surface area contributed by atoms with Crippen LogP contribution in [0.5, 0.6) is 0 Å². The third-order valence-corrected chi connectivity index (χ3v) is 2.27. The lowest BCUT2D eigenvalue weighted by molar-refractivity contribution is 0.0916. The minimum Gasteiger partial charge on any atom is -0.456 e. The highest BCUT2D eigenvalue weighted by Gasteiger charge is 2.16. The molecular weight excluding hydrogens is 240 g/mol. The average molecular weight is 261 g/mol. The molecule has 1 rings (SSSR count). The fourth-order valence-corrected chi connectivity index (χ4v) is 1.38. The molecule has 98 valence electrons. The van der Waals surface area contributed by atoms with Crippen molar-refractivity contribution >= 4 is 18.3 Å². The standard InChI is InChI=1S/C12H20N2O2.ClH/c1-5-9-8(2)6-10(16-9)11(15)14-7-12(3,4)13;/h6H,5,7,13H2,1-4H3,(H,14,15);1H. The van der Waals surface area contributed by atoms with Gasteiger partial charge in [0.25, 0.3) is 5.91 Å². The van der Waals surface area contributed by atoms with E-state index in [1.165, 1.54) is 0 Å². The lowest BCUT2D eigenvalue weighted by atomic mass is 10.1. The van der Waals surface area contributed by atoms with Gasteiger partial charge in [0.2, 0.25) is 0 Å². The number of amides is 1. The van der Waals surface area contributed by atoms with Crippen molar-refractivity contribution in [1.82, 2.24) is 5.32 Å². The van der Waals surface area contributed by atoms with Crippen molar-refractivity contribution in [1.29, 1.82) is 0 Å². The normalized spacial score (nSPS) is 10.9. The summed E-state index contributed by atoms with van der Waals surface area (Å²) in [5, 5.41) is 2.75. The molecule has 4 nitrogen and oxygen atoms in total. The molecule has 0 spiro atoms. The van der Waals surface area contributed by atoms with Gasteiger partial charge in [0.1, 0.15) is 5.76 Å². The first kappa shape index (κ1) is 16.0. The maximum absolute atomic E-state index is 11.7. The summed E-state index contributed by atoms with van der Waals surface area (Å²) in [4.78, 5) is 11.7. The molecule has 0 radical (unpaired) electrons. The molecule has 1 aromatic rings. The smallest absolute Gasteiger partial charge is 0.287 e. The van der Waals surface area contributed by atoms with E-state index in [2.05, 4.69) is 5.32 Å². The van der Waals surface area contributed by atoms with Crippen LogP contribution < -0.4 is 11.1 Å². The van der Waals surface area contributed by atoms with Crippen LogP contribution in [0, 0.1) is 6.92 Å². The van der Waals surface area contributed by atoms with Gasteiger partial charge in [-0.3, -0.25) is 4.79 Å². The van der Waals surface area contributed by atoms with Crippen molar-refractivity contribution in [2.45, 2.75) is 39.7 Å². The van der Waals surface area contributed by atoms with E-state index in [1.807, 2.05) is 27.7 Å². The summed E-state index contributed by atoms with van der Waals surface area (Å²) in [6.07, 6.45) is 0.793. The van der Waals surface area contributed by atoms with E-state index in [0.29, 0.717) is 12.3 Å². The summed E-state index contributed by atoms with van der Waals surface area (Å²) >= 11 is 0. The van der Waals surface area contributed by atoms with Crippen LogP contribution in [-0.2, 0) is 6.42 Å². The van der Waals surface area contributed by atoms with Crippen LogP contribution in [0.1, 0.15) is 42.6 Å². The number of nitrogens with two attached hydrogens (primary N) is 1. The van der Waals surface area contributed by atoms with Crippen molar-refractivity contribution in [2.75, 3.05) is 6.54 Å². The van der Waals surface area contributed by atoms with Crippen molar-refractivity contribution in [3.63, 3.8) is 0 Å². The fraction of sp³-hybridized carbons (Fsp3) is 0.583. The Hall–Kier alpha value is -1.00. The third kappa shape index (κ3) is 4.79. The zero-order chi connectivity index (χ0) is 12.3. The highest BCUT2D eigenvalue weighted by Crippen LogP contribution is 2.14. The molecule has 0 bridgehead atoms. The van der Waals surface area contributed by atoms with E-state index in [1.54, 1.807) is 6.07 Å². The zero-order valence-corrected chi connectivity index (χ0v) is 11.6. The van der Waals surface area contributed by atoms with E-state index in [4.69, 9.17) is 10.2 Å². The van der Waals surface area contributed by atoms with Gasteiger partial charge in [-0.15, -0.1) is 12.4 Å². The van der Waals surface area contributed by atoms with Crippen LogP contribution in [0.15, 0.2) is 10.5 Å². The SMILES string of the molecule is CCc1oc(C(=O)NCC(C)(C)N)cc1C.Cl. The number of nitrogens with one attached hydrogen (secondary N) is 1. The molecule has 1 amide bonds. The summed E-state index contributed by atoms with van der Waals surface area (Å²) in [5.41, 5.74) is 6.38. The number of rotatable bonds is 4. The Bertz CT molecular complexity index is 380. The second kappa shape index (κ2) is 6.07. The molecule has 0 aliphatic rings. The van der Waals surface area contributed by atoms with Crippen LogP contribution in [0.25, 0.3) is 0 Å². The zero-order valence-electron chi connectivity index (χ0n) is 10.8. The third-order valence-electron chi connectivity index (χ3n) is 2.27. The van der Waals surface area contributed by atoms with E-state index in [0.717, 1.165) is 17.7 Å². The molecule has 0 saturated carbocycles. The summed E-state index contributed by atoms with van der Waals surface area (Å²) < 4.78 is 5.44. The molecule has 0 aliphatic heterocycles. The van der Waals surface area contributed by atoms with Gasteiger partial charge in [0.05, 0.1) is 0 Å². The van der Waals surface area contributed by atoms with Crippen molar-refractivity contribution in [2.24, 2.45) is 5.73 Å². The maximum Gasteiger partial charge on any atom is 0.287 e. The summed E-state index contributed by atoms with van der Waals surface area (Å²) in [6, 6.07) is 1.76. The molecule has 0 aliphatic carbocycles. The van der Waals surface area contributed by atoms with Gasteiger partial charge < -0.3 is 15.5 Å². The molecule has 0 aromatic carbocycles. The summed E-state index contributed by atoms with van der Waals surface area (Å²) in [7, 11) is 0. The minimum absolute atomic E-state index is 0. The number of furan rings is 1. The lowest BCUT2D eigenvalue weighted by Gasteiger charge is -2.18. The molecule has 3 N–H and O–H groups in total. The quantitative estimate of drug-likeness (QED) is 0.871. The monoisotopic (exact) mass is 260 g/mol. The predicted molar refractivity (Wildman–Crippen MR) is 70.7 cm³/mol. The first-order valence-corrected chi connectivity index (χ1v) is 5.50. The van der Waals surface area contributed by atoms with Crippen molar-refractivity contribution in [3.8, 4) is 0 Å². The van der Waals surface area contributed by atoms with Gasteiger partial charge in [-0.05, 0) is 32.4 Å². The van der Waals surface area contributed by atoms with Gasteiger partial charge in [0.15, 0.2) is 5.76 Å². The Morgan fingerprint density at radius 2 is 2.12 bits per heavy atom. The van der Waals surface area contributed by atoms with Crippen molar-refractivity contribution < 1.29 is 9.21 Å². The minimum atomic E-state index is -0.412. The van der Waals surface area contributed by atoms with Gasteiger partial charge in [-0.1, -0.05) is 6.92 Å². The maximum atomic E-state index is 11.7. The van der Waals surface area contributed by atoms with Crippen LogP contribution in [-0.4, -0.2) is 18.0 Å². The van der Waals surface area contributed by atoms with Gasteiger partial charge in [0, 0.05) is 18.5 Å². The van der Waals surface area contributed by atoms with Gasteiger partial charge >= 0.3 is 0 Å². The van der Waals surface area contributed by atoms with E-state index in [9.17, 15) is 4.79 Å². The predicted octanol–water partition coefficient (Wildman–Crippen LogP) is 2.04. The molecule has 5 heteroatoms. The molecule has 0 atom stereocenters. The van der Waals surface area contributed by atoms with E-state index in [-0.39, 0.29) is 18.3 Å². The van der Waals surface area contributed by atoms with Crippen LogP contribution in [0.3, 0.4) is 0 Å². The van der Waals surface area contributed by atoms with Crippen molar-refractivity contribution in [3.05, 3.63) is 23.2 Å². The number of aryl methyl sites for hydroxylation is 2. The van der Waals surface area contributed by atoms with Crippen LogP contribution in [0.4, 0.5) is 0 Å². The first-order chi connectivity index (χ1) is 7.33. The molecular formula is C12H21ClN2O2. The summed E-state index contributed by atoms with van der Waals surface area (Å²) in [5.74, 6) is 1.01. The van der Waals surface area contributed by atoms with Crippen LogP contribution >= 0.6 is 12.4 Å². The Labute approximate surface area is 108 Å². The number of carbonyl (C=O) groups excluding carboxylic acids is 1. The molecule has 0 unspecified atom stereocenters. The largest absolute Gasteiger partial charge is 0.456 e. The summed E-state index contributed by atoms with van der Waals surface area (Å²) in [6.45, 7) is 8.08. The number of carbonyl (C=O) groups is 1. The second-order valence-electron chi connectivity index (χ2n) is 4.74. The molecule has 1 aromatic heterocycles. The van der Waals surface area contributed by atoms with E-state index < -0.39 is 5.54 Å². The Morgan fingerprint density at radius 1 is 1.53 bits per heavy atom. The first-order valence-electron chi connectivity index (χ1n) is 5.50. The van der Waals surface area contributed by atoms with Gasteiger partial charge in [-0.25, -0.2) is 0 Å². The Kier molecular flexibility index (Phi) is 5.72. The highest BCUT2D eigenvalue weighted by atomic mass is 35.5. The molecule has 17 heavy (non-hydrogen) atoms. The van der Waals surface area contributed by atoms with Gasteiger partial charge in [-0.2, -0.15) is 0 Å². The molecule has 0 saturated heterocycles. The number of hydrogen-bond donors (Lipinski definition) is 2. The number of hydrogen-bond acceptors (Lipinski definition) is 3. The van der Waals surface area contributed by atoms with E-state index >= 15 is 0 Å². The highest BCUT2D eigenvalue weighted by molar-refractivity contribution is 5.91. The Balaban J connectivity index is 0.00000256. The lowest BCUT2D eigenvalue weighted by Crippen LogP contribution is -2.45. The Morgan fingerprint density at radius 3 is 2.53 bits per heavy atom. The fourth-order valence-electron chi connectivity index (χ4n) is 1.38. The van der Waals surface area contributed by atoms with Crippen LogP contribution in [0.2, 0.25) is 0 Å². The second-order valence-corrected chi connectivity index (χ2v) is 4.74. The molecule has 0 fully saturated rings.